The fraction of sp³-hybridized carbons (Fsp3) is 0.571. The van der Waals surface area contributed by atoms with E-state index in [0.29, 0.717) is 29.8 Å². The largest absolute Gasteiger partial charge is 0.483 e. The van der Waals surface area contributed by atoms with Crippen molar-refractivity contribution >= 4 is 23.8 Å². The van der Waals surface area contributed by atoms with Gasteiger partial charge in [0.15, 0.2) is 17.9 Å². The molecule has 0 radical (unpaired) electrons. The minimum absolute atomic E-state index is 0.117. The fourth-order valence-corrected chi connectivity index (χ4v) is 6.44. The molecule has 1 heterocycles. The minimum Gasteiger partial charge on any atom is -0.483 e. The Balaban J connectivity index is 1.56. The number of allylic oxidation sites excluding steroid dienone is 3. The van der Waals surface area contributed by atoms with E-state index >= 15 is 4.39 Å². The molecule has 1 aliphatic heterocycles. The van der Waals surface area contributed by atoms with Gasteiger partial charge in [0.1, 0.15) is 12.9 Å². The Hall–Kier alpha value is -2.47. The van der Waals surface area contributed by atoms with E-state index in [9.17, 15) is 9.59 Å². The number of rotatable bonds is 8. The second-order valence-electron chi connectivity index (χ2n) is 10.5. The zero-order valence-electron chi connectivity index (χ0n) is 20.4. The molecule has 3 aliphatic rings. The zero-order valence-corrected chi connectivity index (χ0v) is 20.4. The maximum atomic E-state index is 15.3. The van der Waals surface area contributed by atoms with Crippen LogP contribution in [0.2, 0.25) is 0 Å². The van der Waals surface area contributed by atoms with Crippen LogP contribution in [-0.4, -0.2) is 36.3 Å². The Kier molecular flexibility index (Phi) is 7.56. The standard InChI is InChI=1S/C28H37FN2O3/c1-20(19-33)26(34-15-14-32)25(29)21(2)22-8-7-9-23(16-22)30-24-17-27(10-3-4-11-27)31-28(18-24)12-5-6-13-28/h7-9,14,16,19,24,30-31H,3-6,10-13,15,17-18H2,1-2H3/b25-21-,26-20-. The number of carbonyl (C=O) groups is 2. The number of piperidine rings is 1. The molecule has 1 aromatic rings. The monoisotopic (exact) mass is 468 g/mol. The Morgan fingerprint density at radius 2 is 1.71 bits per heavy atom. The van der Waals surface area contributed by atoms with E-state index in [4.69, 9.17) is 4.74 Å². The molecule has 0 bridgehead atoms. The van der Waals surface area contributed by atoms with Crippen molar-refractivity contribution < 1.29 is 18.7 Å². The lowest BCUT2D eigenvalue weighted by Gasteiger charge is -2.50. The van der Waals surface area contributed by atoms with Crippen molar-refractivity contribution in [3.63, 3.8) is 0 Å². The summed E-state index contributed by atoms with van der Waals surface area (Å²) in [7, 11) is 0. The molecule has 2 aliphatic carbocycles. The Bertz CT molecular complexity index is 948. The van der Waals surface area contributed by atoms with Crippen molar-refractivity contribution in [1.82, 2.24) is 5.32 Å². The highest BCUT2D eigenvalue weighted by Gasteiger charge is 2.49. The highest BCUT2D eigenvalue weighted by molar-refractivity contribution is 5.78. The summed E-state index contributed by atoms with van der Waals surface area (Å²) in [6, 6.07) is 8.16. The van der Waals surface area contributed by atoms with Crippen LogP contribution in [0.15, 0.2) is 41.4 Å². The van der Waals surface area contributed by atoms with Gasteiger partial charge in [-0.3, -0.25) is 9.59 Å². The number of carbonyl (C=O) groups excluding carboxylic acids is 2. The van der Waals surface area contributed by atoms with Gasteiger partial charge >= 0.3 is 0 Å². The molecule has 0 atom stereocenters. The lowest BCUT2D eigenvalue weighted by Crippen LogP contribution is -2.63. The molecule has 184 valence electrons. The van der Waals surface area contributed by atoms with Crippen LogP contribution in [0.1, 0.15) is 83.6 Å². The molecule has 0 amide bonds. The van der Waals surface area contributed by atoms with Gasteiger partial charge in [0.05, 0.1) is 0 Å². The first-order chi connectivity index (χ1) is 16.4. The summed E-state index contributed by atoms with van der Waals surface area (Å²) in [5.74, 6) is -0.803. The molecule has 1 saturated heterocycles. The van der Waals surface area contributed by atoms with Crippen molar-refractivity contribution in [2.24, 2.45) is 0 Å². The van der Waals surface area contributed by atoms with Gasteiger partial charge in [-0.25, -0.2) is 4.39 Å². The van der Waals surface area contributed by atoms with Crippen LogP contribution in [0.5, 0.6) is 0 Å². The summed E-state index contributed by atoms with van der Waals surface area (Å²) >= 11 is 0. The molecular formula is C28H37FN2O3. The SMILES string of the molecule is C/C(C=O)=C(OCC=O)\C(F)=C(/C)c1cccc(NC2CC3(CCCC3)NC3(CCCC3)C2)c1. The molecular weight excluding hydrogens is 431 g/mol. The van der Waals surface area contributed by atoms with Gasteiger partial charge in [0, 0.05) is 28.4 Å². The molecule has 5 nitrogen and oxygen atoms in total. The van der Waals surface area contributed by atoms with E-state index in [0.717, 1.165) is 18.5 Å². The number of hydrogen-bond donors (Lipinski definition) is 2. The van der Waals surface area contributed by atoms with Gasteiger partial charge in [-0.05, 0) is 75.6 Å². The summed E-state index contributed by atoms with van der Waals surface area (Å²) in [4.78, 5) is 21.9. The van der Waals surface area contributed by atoms with Crippen molar-refractivity contribution in [1.29, 1.82) is 0 Å². The van der Waals surface area contributed by atoms with Gasteiger partial charge in [0.2, 0.25) is 0 Å². The second kappa shape index (κ2) is 10.4. The van der Waals surface area contributed by atoms with Crippen LogP contribution >= 0.6 is 0 Å². The fourth-order valence-electron chi connectivity index (χ4n) is 6.44. The molecule has 2 saturated carbocycles. The number of ether oxygens (including phenoxy) is 1. The van der Waals surface area contributed by atoms with E-state index < -0.39 is 5.83 Å². The summed E-state index contributed by atoms with van der Waals surface area (Å²) in [5.41, 5.74) is 2.68. The number of aldehydes is 2. The first-order valence-corrected chi connectivity index (χ1v) is 12.6. The summed E-state index contributed by atoms with van der Waals surface area (Å²) in [6.45, 7) is 2.84. The van der Waals surface area contributed by atoms with Crippen molar-refractivity contribution in [3.05, 3.63) is 47.0 Å². The van der Waals surface area contributed by atoms with Crippen molar-refractivity contribution in [3.8, 4) is 0 Å². The molecule has 2 spiro atoms. The summed E-state index contributed by atoms with van der Waals surface area (Å²) in [5, 5.41) is 7.92. The second-order valence-corrected chi connectivity index (χ2v) is 10.5. The van der Waals surface area contributed by atoms with Crippen LogP contribution in [0.3, 0.4) is 0 Å². The van der Waals surface area contributed by atoms with Gasteiger partial charge in [0.25, 0.3) is 0 Å². The lowest BCUT2D eigenvalue weighted by atomic mass is 9.74. The van der Waals surface area contributed by atoms with Crippen LogP contribution in [0.4, 0.5) is 10.1 Å². The number of benzene rings is 1. The average Bonchev–Trinajstić information content (AvgIpc) is 3.47. The highest BCUT2D eigenvalue weighted by Crippen LogP contribution is 2.46. The maximum absolute atomic E-state index is 15.3. The molecule has 2 N–H and O–H groups in total. The third kappa shape index (κ3) is 5.27. The summed E-state index contributed by atoms with van der Waals surface area (Å²) in [6.07, 6.45) is 13.6. The predicted molar refractivity (Wildman–Crippen MR) is 133 cm³/mol. The molecule has 0 aromatic heterocycles. The average molecular weight is 469 g/mol. The van der Waals surface area contributed by atoms with E-state index in [1.54, 1.807) is 6.92 Å². The highest BCUT2D eigenvalue weighted by atomic mass is 19.1. The van der Waals surface area contributed by atoms with Crippen LogP contribution in [0, 0.1) is 0 Å². The Morgan fingerprint density at radius 3 is 2.26 bits per heavy atom. The third-order valence-electron chi connectivity index (χ3n) is 7.95. The summed E-state index contributed by atoms with van der Waals surface area (Å²) < 4.78 is 20.5. The number of halogens is 1. The minimum atomic E-state index is -0.625. The van der Waals surface area contributed by atoms with Crippen molar-refractivity contribution in [2.45, 2.75) is 95.2 Å². The smallest absolute Gasteiger partial charge is 0.168 e. The van der Waals surface area contributed by atoms with E-state index in [-0.39, 0.29) is 29.0 Å². The Morgan fingerprint density at radius 1 is 1.09 bits per heavy atom. The van der Waals surface area contributed by atoms with E-state index in [1.165, 1.54) is 58.3 Å². The zero-order chi connectivity index (χ0) is 24.2. The molecule has 34 heavy (non-hydrogen) atoms. The van der Waals surface area contributed by atoms with Gasteiger partial charge < -0.3 is 15.4 Å². The first kappa shape index (κ1) is 24.6. The molecule has 0 unspecified atom stereocenters. The maximum Gasteiger partial charge on any atom is 0.168 e. The van der Waals surface area contributed by atoms with E-state index in [1.807, 2.05) is 24.3 Å². The van der Waals surface area contributed by atoms with Crippen LogP contribution in [0.25, 0.3) is 5.57 Å². The van der Waals surface area contributed by atoms with Crippen LogP contribution in [-0.2, 0) is 14.3 Å². The van der Waals surface area contributed by atoms with Gasteiger partial charge in [-0.1, -0.05) is 37.8 Å². The topological polar surface area (TPSA) is 67.4 Å². The quantitative estimate of drug-likeness (QED) is 0.216. The number of hydrogen-bond acceptors (Lipinski definition) is 5. The Labute approximate surface area is 202 Å². The molecule has 1 aromatic carbocycles. The molecule has 4 rings (SSSR count). The number of anilines is 1. The lowest BCUT2D eigenvalue weighted by molar-refractivity contribution is -0.111. The van der Waals surface area contributed by atoms with Gasteiger partial charge in [-0.15, -0.1) is 0 Å². The molecule has 3 fully saturated rings. The van der Waals surface area contributed by atoms with Gasteiger partial charge in [-0.2, -0.15) is 0 Å². The number of nitrogens with one attached hydrogen (secondary N) is 2. The third-order valence-corrected chi connectivity index (χ3v) is 7.95. The van der Waals surface area contributed by atoms with Crippen LogP contribution < -0.4 is 10.6 Å². The predicted octanol–water partition coefficient (Wildman–Crippen LogP) is 5.87. The van der Waals surface area contributed by atoms with E-state index in [2.05, 4.69) is 10.6 Å². The first-order valence-electron chi connectivity index (χ1n) is 12.6. The van der Waals surface area contributed by atoms with Crippen molar-refractivity contribution in [2.75, 3.05) is 11.9 Å². The molecule has 6 heteroatoms. The normalized spacial score (nSPS) is 24.5.